The van der Waals surface area contributed by atoms with Crippen LogP contribution < -0.4 is 5.32 Å². The van der Waals surface area contributed by atoms with E-state index in [2.05, 4.69) is 17.4 Å². The van der Waals surface area contributed by atoms with E-state index in [1.807, 2.05) is 18.2 Å². The van der Waals surface area contributed by atoms with E-state index in [4.69, 9.17) is 0 Å². The summed E-state index contributed by atoms with van der Waals surface area (Å²) in [6, 6.07) is 10.1. The van der Waals surface area contributed by atoms with Gasteiger partial charge in [-0.3, -0.25) is 4.79 Å². The van der Waals surface area contributed by atoms with Crippen LogP contribution in [0.1, 0.15) is 12.0 Å². The number of hydrogen-bond acceptors (Lipinski definition) is 1. The van der Waals surface area contributed by atoms with Crippen LogP contribution in [0.4, 0.5) is 0 Å². The molecule has 2 nitrogen and oxygen atoms in total. The maximum Gasteiger partial charge on any atom is 0.231 e. The summed E-state index contributed by atoms with van der Waals surface area (Å²) in [6.45, 7) is 0.869. The molecule has 1 aromatic carbocycles. The third kappa shape index (κ3) is 0.755. The van der Waals surface area contributed by atoms with E-state index in [1.165, 1.54) is 5.56 Å². The average Bonchev–Trinajstić information content (AvgIpc) is 2.84. The van der Waals surface area contributed by atoms with E-state index in [0.29, 0.717) is 5.92 Å². The number of nitrogens with one attached hydrogen (secondary N) is 1. The molecule has 1 aliphatic heterocycles. The first-order chi connectivity index (χ1) is 6.34. The van der Waals surface area contributed by atoms with Crippen molar-refractivity contribution in [3.8, 4) is 0 Å². The molecule has 2 heteroatoms. The molecule has 2 atom stereocenters. The monoisotopic (exact) mass is 173 g/mol. The lowest BCUT2D eigenvalue weighted by Crippen LogP contribution is -2.27. The van der Waals surface area contributed by atoms with Crippen LogP contribution in [0.25, 0.3) is 0 Å². The van der Waals surface area contributed by atoms with E-state index in [-0.39, 0.29) is 11.3 Å². The van der Waals surface area contributed by atoms with Gasteiger partial charge in [0.1, 0.15) is 0 Å². The molecule has 1 saturated carbocycles. The molecule has 0 bridgehead atoms. The van der Waals surface area contributed by atoms with Crippen molar-refractivity contribution < 1.29 is 4.79 Å². The second kappa shape index (κ2) is 2.13. The van der Waals surface area contributed by atoms with E-state index in [9.17, 15) is 4.79 Å². The quantitative estimate of drug-likeness (QED) is 0.676. The van der Waals surface area contributed by atoms with Gasteiger partial charge in [-0.05, 0) is 17.9 Å². The lowest BCUT2D eigenvalue weighted by Gasteiger charge is -2.09. The highest BCUT2D eigenvalue weighted by Crippen LogP contribution is 2.56. The van der Waals surface area contributed by atoms with Crippen molar-refractivity contribution >= 4 is 5.91 Å². The Hall–Kier alpha value is -1.31. The minimum atomic E-state index is -0.138. The number of hydrogen-bond donors (Lipinski definition) is 1. The molecule has 1 aliphatic carbocycles. The predicted octanol–water partition coefficient (Wildman–Crippen LogP) is 1.07. The molecule has 0 aromatic heterocycles. The van der Waals surface area contributed by atoms with Crippen molar-refractivity contribution in [3.05, 3.63) is 35.9 Å². The number of carbonyl (C=O) groups is 1. The predicted molar refractivity (Wildman–Crippen MR) is 49.2 cm³/mol. The zero-order valence-corrected chi connectivity index (χ0v) is 7.29. The summed E-state index contributed by atoms with van der Waals surface area (Å²) in [5.41, 5.74) is 1.05. The molecule has 2 unspecified atom stereocenters. The van der Waals surface area contributed by atoms with Crippen molar-refractivity contribution in [3.63, 3.8) is 0 Å². The van der Waals surface area contributed by atoms with Gasteiger partial charge in [-0.2, -0.15) is 0 Å². The number of carbonyl (C=O) groups excluding carboxylic acids is 1. The summed E-state index contributed by atoms with van der Waals surface area (Å²) < 4.78 is 0. The fourth-order valence-corrected chi connectivity index (χ4v) is 2.45. The standard InChI is InChI=1S/C11H11NO/c13-10-11(6-9(11)7-12-10)8-4-2-1-3-5-8/h1-5,9H,6-7H2,(H,12,13). The normalized spacial score (nSPS) is 35.4. The van der Waals surface area contributed by atoms with E-state index >= 15 is 0 Å². The van der Waals surface area contributed by atoms with Crippen LogP contribution in [0.2, 0.25) is 0 Å². The van der Waals surface area contributed by atoms with E-state index in [0.717, 1.165) is 13.0 Å². The highest BCUT2D eigenvalue weighted by molar-refractivity contribution is 5.94. The van der Waals surface area contributed by atoms with Crippen molar-refractivity contribution in [1.29, 1.82) is 0 Å². The average molecular weight is 173 g/mol. The smallest absolute Gasteiger partial charge is 0.231 e. The van der Waals surface area contributed by atoms with Crippen LogP contribution in [-0.2, 0) is 10.2 Å². The summed E-state index contributed by atoms with van der Waals surface area (Å²) in [5.74, 6) is 0.783. The van der Waals surface area contributed by atoms with Gasteiger partial charge in [0, 0.05) is 6.54 Å². The molecule has 1 heterocycles. The molecular weight excluding hydrogens is 162 g/mol. The van der Waals surface area contributed by atoms with Gasteiger partial charge in [0.15, 0.2) is 0 Å². The van der Waals surface area contributed by atoms with Crippen molar-refractivity contribution in [2.75, 3.05) is 6.54 Å². The molecule has 3 rings (SSSR count). The second-order valence-corrected chi connectivity index (χ2v) is 3.95. The summed E-state index contributed by atoms with van der Waals surface area (Å²) >= 11 is 0. The van der Waals surface area contributed by atoms with Gasteiger partial charge in [0.2, 0.25) is 5.91 Å². The van der Waals surface area contributed by atoms with Crippen LogP contribution in [0, 0.1) is 5.92 Å². The van der Waals surface area contributed by atoms with Gasteiger partial charge in [-0.1, -0.05) is 30.3 Å². The Bertz CT molecular complexity index is 360. The fourth-order valence-electron chi connectivity index (χ4n) is 2.45. The van der Waals surface area contributed by atoms with Gasteiger partial charge in [-0.15, -0.1) is 0 Å². The summed E-state index contributed by atoms with van der Waals surface area (Å²) in [7, 11) is 0. The van der Waals surface area contributed by atoms with E-state index < -0.39 is 0 Å². The summed E-state index contributed by atoms with van der Waals surface area (Å²) in [4.78, 5) is 11.6. The first-order valence-corrected chi connectivity index (χ1v) is 4.68. The maximum atomic E-state index is 11.6. The Morgan fingerprint density at radius 1 is 1.31 bits per heavy atom. The Labute approximate surface area is 77.0 Å². The maximum absolute atomic E-state index is 11.6. The molecule has 0 radical (unpaired) electrons. The molecule has 1 N–H and O–H groups in total. The van der Waals surface area contributed by atoms with Gasteiger partial charge in [0.25, 0.3) is 0 Å². The van der Waals surface area contributed by atoms with Crippen LogP contribution >= 0.6 is 0 Å². The third-order valence-electron chi connectivity index (χ3n) is 3.31. The van der Waals surface area contributed by atoms with Crippen molar-refractivity contribution in [2.24, 2.45) is 5.92 Å². The molecule has 0 spiro atoms. The van der Waals surface area contributed by atoms with Crippen LogP contribution in [0.5, 0.6) is 0 Å². The minimum Gasteiger partial charge on any atom is -0.355 e. The van der Waals surface area contributed by atoms with Crippen molar-refractivity contribution in [1.82, 2.24) is 5.32 Å². The van der Waals surface area contributed by atoms with Gasteiger partial charge >= 0.3 is 0 Å². The summed E-state index contributed by atoms with van der Waals surface area (Å²) in [5, 5.41) is 2.92. The Balaban J connectivity index is 2.07. The third-order valence-corrected chi connectivity index (χ3v) is 3.31. The number of piperidine rings is 1. The molecule has 66 valence electrons. The Kier molecular flexibility index (Phi) is 1.17. The number of benzene rings is 1. The second-order valence-electron chi connectivity index (χ2n) is 3.95. The van der Waals surface area contributed by atoms with Gasteiger partial charge < -0.3 is 5.32 Å². The van der Waals surface area contributed by atoms with Gasteiger partial charge in [-0.25, -0.2) is 0 Å². The topological polar surface area (TPSA) is 29.1 Å². The molecule has 2 aliphatic rings. The first-order valence-electron chi connectivity index (χ1n) is 4.68. The minimum absolute atomic E-state index is 0.138. The lowest BCUT2D eigenvalue weighted by molar-refractivity contribution is -0.122. The fraction of sp³-hybridized carbons (Fsp3) is 0.364. The van der Waals surface area contributed by atoms with Crippen LogP contribution in [0.3, 0.4) is 0 Å². The number of amides is 1. The number of rotatable bonds is 1. The zero-order valence-electron chi connectivity index (χ0n) is 7.29. The summed E-state index contributed by atoms with van der Waals surface area (Å²) in [6.07, 6.45) is 1.04. The largest absolute Gasteiger partial charge is 0.355 e. The molecule has 13 heavy (non-hydrogen) atoms. The molecule has 2 fully saturated rings. The SMILES string of the molecule is O=C1NCC2CC12c1ccccc1. The Morgan fingerprint density at radius 2 is 2.08 bits per heavy atom. The Morgan fingerprint density at radius 3 is 2.62 bits per heavy atom. The first kappa shape index (κ1) is 7.13. The number of fused-ring (bicyclic) bond motifs is 1. The molecule has 1 amide bonds. The highest BCUT2D eigenvalue weighted by Gasteiger charge is 2.64. The van der Waals surface area contributed by atoms with Gasteiger partial charge in [0.05, 0.1) is 5.41 Å². The zero-order chi connectivity index (χ0) is 8.89. The molecule has 1 saturated heterocycles. The van der Waals surface area contributed by atoms with Crippen LogP contribution in [-0.4, -0.2) is 12.5 Å². The molecular formula is C11H11NO. The highest BCUT2D eigenvalue weighted by atomic mass is 16.2. The van der Waals surface area contributed by atoms with Crippen LogP contribution in [0.15, 0.2) is 30.3 Å². The van der Waals surface area contributed by atoms with E-state index in [1.54, 1.807) is 0 Å². The lowest BCUT2D eigenvalue weighted by atomic mass is 9.94. The molecule has 1 aromatic rings. The van der Waals surface area contributed by atoms with Crippen molar-refractivity contribution in [2.45, 2.75) is 11.8 Å².